The van der Waals surface area contributed by atoms with Crippen molar-refractivity contribution < 1.29 is 14.3 Å². The first-order valence-electron chi connectivity index (χ1n) is 5.75. The second kappa shape index (κ2) is 4.77. The highest BCUT2D eigenvalue weighted by Gasteiger charge is 2.43. The predicted octanol–water partition coefficient (Wildman–Crippen LogP) is 3.87. The summed E-state index contributed by atoms with van der Waals surface area (Å²) >= 11 is 3.28. The van der Waals surface area contributed by atoms with Crippen LogP contribution >= 0.6 is 15.9 Å². The van der Waals surface area contributed by atoms with E-state index in [0.717, 1.165) is 23.7 Å². The van der Waals surface area contributed by atoms with Crippen LogP contribution in [0, 0.1) is 5.82 Å². The van der Waals surface area contributed by atoms with Crippen molar-refractivity contribution in [3.63, 3.8) is 0 Å². The number of carboxylic acids is 1. The highest BCUT2D eigenvalue weighted by molar-refractivity contribution is 9.10. The molecule has 4 heteroatoms. The van der Waals surface area contributed by atoms with Gasteiger partial charge in [0.1, 0.15) is 5.82 Å². The summed E-state index contributed by atoms with van der Waals surface area (Å²) in [4.78, 5) is 11.6. The molecule has 0 heterocycles. The van der Waals surface area contributed by atoms with Gasteiger partial charge in [0, 0.05) is 10.0 Å². The van der Waals surface area contributed by atoms with E-state index in [0.29, 0.717) is 18.4 Å². The quantitative estimate of drug-likeness (QED) is 0.900. The van der Waals surface area contributed by atoms with Gasteiger partial charge in [-0.25, -0.2) is 4.39 Å². The van der Waals surface area contributed by atoms with Crippen molar-refractivity contribution in [2.45, 2.75) is 37.5 Å². The van der Waals surface area contributed by atoms with Gasteiger partial charge in [-0.2, -0.15) is 0 Å². The average molecular weight is 301 g/mol. The maximum absolute atomic E-state index is 13.9. The van der Waals surface area contributed by atoms with E-state index in [9.17, 15) is 14.3 Å². The van der Waals surface area contributed by atoms with Gasteiger partial charge in [0.05, 0.1) is 5.41 Å². The number of rotatable bonds is 2. The minimum absolute atomic E-state index is 0.319. The molecule has 0 unspecified atom stereocenters. The van der Waals surface area contributed by atoms with Crippen LogP contribution in [0.3, 0.4) is 0 Å². The van der Waals surface area contributed by atoms with Crippen LogP contribution in [0.2, 0.25) is 0 Å². The molecule has 0 atom stereocenters. The predicted molar refractivity (Wildman–Crippen MR) is 66.5 cm³/mol. The van der Waals surface area contributed by atoms with E-state index in [1.54, 1.807) is 12.1 Å². The SMILES string of the molecule is O=C(O)C1(c2cc(Br)ccc2F)CCCCC1. The van der Waals surface area contributed by atoms with E-state index in [-0.39, 0.29) is 0 Å². The molecule has 0 saturated heterocycles. The summed E-state index contributed by atoms with van der Waals surface area (Å²) in [6.07, 6.45) is 3.77. The Morgan fingerprint density at radius 3 is 2.53 bits per heavy atom. The van der Waals surface area contributed by atoms with E-state index < -0.39 is 17.2 Å². The molecule has 92 valence electrons. The molecule has 2 nitrogen and oxygen atoms in total. The van der Waals surface area contributed by atoms with Crippen LogP contribution in [0.1, 0.15) is 37.7 Å². The summed E-state index contributed by atoms with van der Waals surface area (Å²) in [5.74, 6) is -1.33. The summed E-state index contributed by atoms with van der Waals surface area (Å²) in [6, 6.07) is 4.53. The summed E-state index contributed by atoms with van der Waals surface area (Å²) < 4.78 is 14.6. The standard InChI is InChI=1S/C13H14BrFO2/c14-9-4-5-11(15)10(8-9)13(12(16)17)6-2-1-3-7-13/h4-5,8H,1-3,6-7H2,(H,16,17). The van der Waals surface area contributed by atoms with Crippen LogP contribution in [-0.2, 0) is 10.2 Å². The van der Waals surface area contributed by atoms with Crippen LogP contribution in [0.15, 0.2) is 22.7 Å². The van der Waals surface area contributed by atoms with Gasteiger partial charge >= 0.3 is 5.97 Å². The van der Waals surface area contributed by atoms with Crippen molar-refractivity contribution >= 4 is 21.9 Å². The number of hydrogen-bond donors (Lipinski definition) is 1. The highest BCUT2D eigenvalue weighted by Crippen LogP contribution is 2.41. The van der Waals surface area contributed by atoms with E-state index in [4.69, 9.17) is 0 Å². The van der Waals surface area contributed by atoms with E-state index in [2.05, 4.69) is 15.9 Å². The van der Waals surface area contributed by atoms with Gasteiger partial charge in [0.15, 0.2) is 0 Å². The van der Waals surface area contributed by atoms with Crippen LogP contribution in [0.5, 0.6) is 0 Å². The Morgan fingerprint density at radius 1 is 1.29 bits per heavy atom. The van der Waals surface area contributed by atoms with Gasteiger partial charge in [-0.1, -0.05) is 35.2 Å². The molecule has 0 radical (unpaired) electrons. The average Bonchev–Trinajstić information content (AvgIpc) is 2.33. The summed E-state index contributed by atoms with van der Waals surface area (Å²) in [6.45, 7) is 0. The lowest BCUT2D eigenvalue weighted by atomic mass is 9.69. The van der Waals surface area contributed by atoms with Crippen LogP contribution in [-0.4, -0.2) is 11.1 Å². The first-order valence-corrected chi connectivity index (χ1v) is 6.54. The zero-order chi connectivity index (χ0) is 12.5. The first kappa shape index (κ1) is 12.6. The first-order chi connectivity index (χ1) is 8.06. The topological polar surface area (TPSA) is 37.3 Å². The van der Waals surface area contributed by atoms with Crippen molar-refractivity contribution in [2.24, 2.45) is 0 Å². The highest BCUT2D eigenvalue weighted by atomic mass is 79.9. The Labute approximate surface area is 108 Å². The molecule has 1 saturated carbocycles. The third kappa shape index (κ3) is 2.23. The van der Waals surface area contributed by atoms with Gasteiger partial charge in [-0.05, 0) is 31.0 Å². The number of benzene rings is 1. The lowest BCUT2D eigenvalue weighted by Crippen LogP contribution is -2.38. The smallest absolute Gasteiger partial charge is 0.314 e. The number of carboxylic acid groups (broad SMARTS) is 1. The largest absolute Gasteiger partial charge is 0.481 e. The molecule has 17 heavy (non-hydrogen) atoms. The van der Waals surface area contributed by atoms with E-state index in [1.165, 1.54) is 6.07 Å². The van der Waals surface area contributed by atoms with Crippen molar-refractivity contribution in [1.82, 2.24) is 0 Å². The monoisotopic (exact) mass is 300 g/mol. The minimum atomic E-state index is -1.04. The number of halogens is 2. The van der Waals surface area contributed by atoms with Gasteiger partial charge < -0.3 is 5.11 Å². The van der Waals surface area contributed by atoms with Crippen molar-refractivity contribution in [3.05, 3.63) is 34.1 Å². The van der Waals surface area contributed by atoms with Crippen molar-refractivity contribution in [3.8, 4) is 0 Å². The Kier molecular flexibility index (Phi) is 3.52. The van der Waals surface area contributed by atoms with Crippen LogP contribution in [0.25, 0.3) is 0 Å². The second-order valence-electron chi connectivity index (χ2n) is 4.57. The van der Waals surface area contributed by atoms with Crippen LogP contribution < -0.4 is 0 Å². The van der Waals surface area contributed by atoms with Gasteiger partial charge in [-0.3, -0.25) is 4.79 Å². The molecule has 0 aromatic heterocycles. The summed E-state index contributed by atoms with van der Waals surface area (Å²) in [5.41, 5.74) is -0.717. The van der Waals surface area contributed by atoms with Gasteiger partial charge in [0.2, 0.25) is 0 Å². The fourth-order valence-corrected chi connectivity index (χ4v) is 2.98. The van der Waals surface area contributed by atoms with Crippen molar-refractivity contribution in [1.29, 1.82) is 0 Å². The number of aliphatic carboxylic acids is 1. The number of carbonyl (C=O) groups is 1. The van der Waals surface area contributed by atoms with Gasteiger partial charge in [0.25, 0.3) is 0 Å². The van der Waals surface area contributed by atoms with Crippen molar-refractivity contribution in [2.75, 3.05) is 0 Å². The molecule has 0 bridgehead atoms. The molecule has 1 N–H and O–H groups in total. The maximum atomic E-state index is 13.9. The lowest BCUT2D eigenvalue weighted by Gasteiger charge is -2.33. The normalized spacial score (nSPS) is 18.9. The molecule has 2 rings (SSSR count). The maximum Gasteiger partial charge on any atom is 0.314 e. The molecular weight excluding hydrogens is 287 g/mol. The Morgan fingerprint density at radius 2 is 1.94 bits per heavy atom. The second-order valence-corrected chi connectivity index (χ2v) is 5.49. The molecule has 1 fully saturated rings. The summed E-state index contributed by atoms with van der Waals surface area (Å²) in [7, 11) is 0. The zero-order valence-corrected chi connectivity index (χ0v) is 11.0. The fraction of sp³-hybridized carbons (Fsp3) is 0.462. The molecule has 1 aliphatic carbocycles. The molecule has 0 spiro atoms. The van der Waals surface area contributed by atoms with Crippen LogP contribution in [0.4, 0.5) is 4.39 Å². The van der Waals surface area contributed by atoms with Gasteiger partial charge in [-0.15, -0.1) is 0 Å². The van der Waals surface area contributed by atoms with E-state index in [1.807, 2.05) is 0 Å². The third-order valence-electron chi connectivity index (χ3n) is 3.56. The molecular formula is C13H14BrFO2. The molecule has 1 aliphatic rings. The Bertz CT molecular complexity index is 439. The molecule has 1 aromatic carbocycles. The Hall–Kier alpha value is -0.900. The number of hydrogen-bond acceptors (Lipinski definition) is 1. The summed E-state index contributed by atoms with van der Waals surface area (Å²) in [5, 5.41) is 9.48. The third-order valence-corrected chi connectivity index (χ3v) is 4.05. The lowest BCUT2D eigenvalue weighted by molar-refractivity contribution is -0.145. The fourth-order valence-electron chi connectivity index (χ4n) is 2.62. The molecule has 0 aliphatic heterocycles. The minimum Gasteiger partial charge on any atom is -0.481 e. The molecule has 1 aromatic rings. The Balaban J connectivity index is 2.52. The zero-order valence-electron chi connectivity index (χ0n) is 9.38. The van der Waals surface area contributed by atoms with E-state index >= 15 is 0 Å². The molecule has 0 amide bonds.